The molecule has 0 aromatic heterocycles. The van der Waals surface area contributed by atoms with Gasteiger partial charge < -0.3 is 0 Å². The maximum Gasteiger partial charge on any atom is 0.154 e. The summed E-state index contributed by atoms with van der Waals surface area (Å²) in [6.07, 6.45) is 0. The Morgan fingerprint density at radius 1 is 0.840 bits per heavy atom. The second-order valence-corrected chi connectivity index (χ2v) is 5.93. The van der Waals surface area contributed by atoms with Gasteiger partial charge in [0.15, 0.2) is 5.84 Å². The van der Waals surface area contributed by atoms with Crippen molar-refractivity contribution in [2.45, 2.75) is 6.92 Å². The van der Waals surface area contributed by atoms with Crippen LogP contribution in [-0.2, 0) is 0 Å². The topological polar surface area (TPSA) is 36.8 Å². The lowest BCUT2D eigenvalue weighted by atomic mass is 10.0. The van der Waals surface area contributed by atoms with E-state index in [1.54, 1.807) is 6.07 Å². The SMILES string of the molecule is Cc1ccc(C2=Nc3ccc(F)cc3C(c3ccccc3)=NN2)cc1. The number of halogens is 1. The first-order chi connectivity index (χ1) is 12.2. The molecule has 0 bridgehead atoms. The molecule has 0 radical (unpaired) electrons. The molecule has 0 unspecified atom stereocenters. The highest BCUT2D eigenvalue weighted by Crippen LogP contribution is 2.26. The highest BCUT2D eigenvalue weighted by molar-refractivity contribution is 6.17. The van der Waals surface area contributed by atoms with Crippen LogP contribution in [0, 0.1) is 12.7 Å². The normalized spacial score (nSPS) is 13.2. The highest BCUT2D eigenvalue weighted by Gasteiger charge is 2.17. The number of nitrogens with one attached hydrogen (secondary N) is 1. The van der Waals surface area contributed by atoms with Crippen LogP contribution in [0.15, 0.2) is 82.9 Å². The van der Waals surface area contributed by atoms with Crippen LogP contribution in [0.4, 0.5) is 10.1 Å². The number of hydrazone groups is 1. The van der Waals surface area contributed by atoms with E-state index in [0.717, 1.165) is 11.1 Å². The molecule has 0 spiro atoms. The summed E-state index contributed by atoms with van der Waals surface area (Å²) in [4.78, 5) is 4.68. The Bertz CT molecular complexity index is 974. The van der Waals surface area contributed by atoms with Crippen LogP contribution >= 0.6 is 0 Å². The van der Waals surface area contributed by atoms with E-state index in [1.165, 1.54) is 17.7 Å². The van der Waals surface area contributed by atoms with E-state index in [2.05, 4.69) is 15.5 Å². The molecule has 3 aromatic carbocycles. The molecule has 0 saturated heterocycles. The third kappa shape index (κ3) is 3.06. The average molecular weight is 329 g/mol. The van der Waals surface area contributed by atoms with Crippen molar-refractivity contribution in [1.29, 1.82) is 0 Å². The Labute approximate surface area is 145 Å². The van der Waals surface area contributed by atoms with Crippen LogP contribution in [0.25, 0.3) is 0 Å². The van der Waals surface area contributed by atoms with Gasteiger partial charge >= 0.3 is 0 Å². The quantitative estimate of drug-likeness (QED) is 0.735. The van der Waals surface area contributed by atoms with Crippen LogP contribution in [0.2, 0.25) is 0 Å². The van der Waals surface area contributed by atoms with Crippen molar-refractivity contribution < 1.29 is 4.39 Å². The van der Waals surface area contributed by atoms with Gasteiger partial charge in [0.05, 0.1) is 5.69 Å². The Balaban J connectivity index is 1.87. The van der Waals surface area contributed by atoms with Gasteiger partial charge in [0, 0.05) is 16.7 Å². The van der Waals surface area contributed by atoms with Gasteiger partial charge in [-0.3, -0.25) is 5.43 Å². The smallest absolute Gasteiger partial charge is 0.154 e. The molecule has 1 N–H and O–H groups in total. The number of benzene rings is 3. The predicted octanol–water partition coefficient (Wildman–Crippen LogP) is 4.57. The lowest BCUT2D eigenvalue weighted by Gasteiger charge is -2.07. The van der Waals surface area contributed by atoms with Gasteiger partial charge in [-0.2, -0.15) is 5.10 Å². The molecule has 122 valence electrons. The molecule has 0 atom stereocenters. The molecule has 1 aliphatic rings. The summed E-state index contributed by atoms with van der Waals surface area (Å²) in [5, 5.41) is 4.53. The van der Waals surface area contributed by atoms with Crippen LogP contribution in [0.3, 0.4) is 0 Å². The fourth-order valence-corrected chi connectivity index (χ4v) is 2.77. The summed E-state index contributed by atoms with van der Waals surface area (Å²) in [6.45, 7) is 2.04. The van der Waals surface area contributed by atoms with Crippen molar-refractivity contribution >= 4 is 17.2 Å². The minimum atomic E-state index is -0.309. The van der Waals surface area contributed by atoms with Gasteiger partial charge in [-0.1, -0.05) is 60.2 Å². The molecule has 25 heavy (non-hydrogen) atoms. The third-order valence-electron chi connectivity index (χ3n) is 4.09. The summed E-state index contributed by atoms with van der Waals surface area (Å²) in [5.74, 6) is 0.329. The van der Waals surface area contributed by atoms with E-state index in [0.29, 0.717) is 22.8 Å². The van der Waals surface area contributed by atoms with E-state index in [9.17, 15) is 4.39 Å². The van der Waals surface area contributed by atoms with Gasteiger partial charge in [-0.25, -0.2) is 9.38 Å². The minimum absolute atomic E-state index is 0.309. The number of amidine groups is 1. The van der Waals surface area contributed by atoms with Gasteiger partial charge in [-0.15, -0.1) is 0 Å². The molecule has 0 amide bonds. The summed E-state index contributed by atoms with van der Waals surface area (Å²) in [7, 11) is 0. The molecule has 3 nitrogen and oxygen atoms in total. The fourth-order valence-electron chi connectivity index (χ4n) is 2.77. The van der Waals surface area contributed by atoms with Gasteiger partial charge in [-0.05, 0) is 25.1 Å². The minimum Gasteiger partial charge on any atom is -0.260 e. The number of hydrogen-bond acceptors (Lipinski definition) is 3. The Kier molecular flexibility index (Phi) is 3.86. The van der Waals surface area contributed by atoms with Crippen LogP contribution < -0.4 is 5.43 Å². The van der Waals surface area contributed by atoms with E-state index >= 15 is 0 Å². The van der Waals surface area contributed by atoms with Crippen molar-refractivity contribution in [2.75, 3.05) is 0 Å². The number of nitrogens with zero attached hydrogens (tertiary/aromatic N) is 2. The van der Waals surface area contributed by atoms with Crippen molar-refractivity contribution in [3.8, 4) is 0 Å². The number of aliphatic imine (C=N–C) groups is 1. The molecule has 0 fully saturated rings. The zero-order valence-electron chi connectivity index (χ0n) is 13.7. The molecular formula is C21H16FN3. The zero-order chi connectivity index (χ0) is 17.2. The van der Waals surface area contributed by atoms with Crippen molar-refractivity contribution in [1.82, 2.24) is 5.43 Å². The first-order valence-corrected chi connectivity index (χ1v) is 8.05. The summed E-state index contributed by atoms with van der Waals surface area (Å²) < 4.78 is 13.9. The number of aryl methyl sites for hydroxylation is 1. The summed E-state index contributed by atoms with van der Waals surface area (Å²) in [6, 6.07) is 22.3. The predicted molar refractivity (Wildman–Crippen MR) is 99.0 cm³/mol. The second kappa shape index (κ2) is 6.32. The Morgan fingerprint density at radius 3 is 2.36 bits per heavy atom. The molecule has 0 saturated carbocycles. The lowest BCUT2D eigenvalue weighted by molar-refractivity contribution is 0.627. The van der Waals surface area contributed by atoms with E-state index in [4.69, 9.17) is 0 Å². The van der Waals surface area contributed by atoms with E-state index in [1.807, 2.05) is 61.5 Å². The number of hydrogen-bond donors (Lipinski definition) is 1. The van der Waals surface area contributed by atoms with Crippen molar-refractivity contribution in [2.24, 2.45) is 10.1 Å². The molecular weight excluding hydrogens is 313 g/mol. The first-order valence-electron chi connectivity index (χ1n) is 8.05. The number of rotatable bonds is 2. The monoisotopic (exact) mass is 329 g/mol. The lowest BCUT2D eigenvalue weighted by Crippen LogP contribution is -2.19. The Hall–Kier alpha value is -3.27. The molecule has 1 aliphatic heterocycles. The molecule has 1 heterocycles. The number of fused-ring (bicyclic) bond motifs is 1. The standard InChI is InChI=1S/C21H16FN3/c1-14-7-9-16(10-8-14)21-23-19-12-11-17(22)13-18(19)20(24-25-21)15-5-3-2-4-6-15/h2-13H,1H3,(H,23,25). The van der Waals surface area contributed by atoms with E-state index in [-0.39, 0.29) is 5.82 Å². The van der Waals surface area contributed by atoms with Gasteiger partial charge in [0.1, 0.15) is 11.5 Å². The van der Waals surface area contributed by atoms with Gasteiger partial charge in [0.25, 0.3) is 0 Å². The van der Waals surface area contributed by atoms with Crippen LogP contribution in [0.5, 0.6) is 0 Å². The molecule has 0 aliphatic carbocycles. The Morgan fingerprint density at radius 2 is 1.60 bits per heavy atom. The van der Waals surface area contributed by atoms with Crippen LogP contribution in [-0.4, -0.2) is 11.5 Å². The zero-order valence-corrected chi connectivity index (χ0v) is 13.7. The van der Waals surface area contributed by atoms with E-state index < -0.39 is 0 Å². The molecule has 4 heteroatoms. The summed E-state index contributed by atoms with van der Waals surface area (Å²) >= 11 is 0. The average Bonchev–Trinajstić information content (AvgIpc) is 2.82. The third-order valence-corrected chi connectivity index (χ3v) is 4.09. The first kappa shape index (κ1) is 15.3. The second-order valence-electron chi connectivity index (χ2n) is 5.93. The van der Waals surface area contributed by atoms with Crippen LogP contribution in [0.1, 0.15) is 22.3 Å². The highest BCUT2D eigenvalue weighted by atomic mass is 19.1. The summed E-state index contributed by atoms with van der Waals surface area (Å²) in [5.41, 5.74) is 8.08. The largest absolute Gasteiger partial charge is 0.260 e. The van der Waals surface area contributed by atoms with Gasteiger partial charge in [0.2, 0.25) is 0 Å². The van der Waals surface area contributed by atoms with Crippen molar-refractivity contribution in [3.05, 3.63) is 101 Å². The fraction of sp³-hybridized carbons (Fsp3) is 0.0476. The van der Waals surface area contributed by atoms with Crippen molar-refractivity contribution in [3.63, 3.8) is 0 Å². The molecule has 3 aromatic rings. The maximum atomic E-state index is 13.9. The maximum absolute atomic E-state index is 13.9. The molecule has 4 rings (SSSR count).